The van der Waals surface area contributed by atoms with Gasteiger partial charge in [0, 0.05) is 12.7 Å². The zero-order valence-electron chi connectivity index (χ0n) is 8.82. The molecule has 0 radical (unpaired) electrons. The minimum absolute atomic E-state index is 0.538. The van der Waals surface area contributed by atoms with Crippen molar-refractivity contribution in [1.82, 2.24) is 9.97 Å². The predicted octanol–water partition coefficient (Wildman–Crippen LogP) is 1.58. The normalized spacial score (nSPS) is 19.8. The Bertz CT molecular complexity index is 296. The Kier molecular flexibility index (Phi) is 3.16. The van der Waals surface area contributed by atoms with Crippen molar-refractivity contribution in [2.75, 3.05) is 11.9 Å². The number of hydrogen-bond acceptors (Lipinski definition) is 4. The minimum atomic E-state index is -0.538. The Morgan fingerprint density at radius 3 is 2.80 bits per heavy atom. The second kappa shape index (κ2) is 4.57. The summed E-state index contributed by atoms with van der Waals surface area (Å²) in [5.41, 5.74) is -0.538. The molecule has 0 saturated heterocycles. The standard InChI is InChI=1S/C11H17N3O/c15-11(5-2-1-3-6-11)8-13-10-4-7-12-9-14-10/h4,7,9,15H,1-3,5-6,8H2,(H,12,13,14). The van der Waals surface area contributed by atoms with Crippen LogP contribution in [0.3, 0.4) is 0 Å². The minimum Gasteiger partial charge on any atom is -0.388 e. The fourth-order valence-electron chi connectivity index (χ4n) is 2.04. The first-order valence-corrected chi connectivity index (χ1v) is 5.51. The van der Waals surface area contributed by atoms with Crippen molar-refractivity contribution >= 4 is 5.82 Å². The zero-order chi connectivity index (χ0) is 10.6. The lowest BCUT2D eigenvalue weighted by atomic mass is 9.85. The molecule has 0 amide bonds. The molecule has 4 nitrogen and oxygen atoms in total. The molecule has 0 aliphatic heterocycles. The van der Waals surface area contributed by atoms with E-state index in [9.17, 15) is 5.11 Å². The van der Waals surface area contributed by atoms with Gasteiger partial charge in [0.2, 0.25) is 0 Å². The summed E-state index contributed by atoms with van der Waals surface area (Å²) in [4.78, 5) is 7.90. The Morgan fingerprint density at radius 1 is 1.33 bits per heavy atom. The Morgan fingerprint density at radius 2 is 2.13 bits per heavy atom. The Hall–Kier alpha value is -1.16. The van der Waals surface area contributed by atoms with Crippen molar-refractivity contribution in [2.45, 2.75) is 37.7 Å². The second-order valence-corrected chi connectivity index (χ2v) is 4.23. The molecule has 2 rings (SSSR count). The number of aromatic nitrogens is 2. The van der Waals surface area contributed by atoms with Crippen molar-refractivity contribution in [1.29, 1.82) is 0 Å². The molecule has 1 saturated carbocycles. The third kappa shape index (κ3) is 2.89. The van der Waals surface area contributed by atoms with Gasteiger partial charge in [0.15, 0.2) is 0 Å². The first kappa shape index (κ1) is 10.4. The maximum atomic E-state index is 10.2. The van der Waals surface area contributed by atoms with Gasteiger partial charge in [-0.25, -0.2) is 9.97 Å². The second-order valence-electron chi connectivity index (χ2n) is 4.23. The van der Waals surface area contributed by atoms with Gasteiger partial charge in [-0.15, -0.1) is 0 Å². The van der Waals surface area contributed by atoms with Gasteiger partial charge in [-0.3, -0.25) is 0 Å². The molecule has 82 valence electrons. The predicted molar refractivity (Wildman–Crippen MR) is 58.6 cm³/mol. The molecule has 0 spiro atoms. The van der Waals surface area contributed by atoms with Gasteiger partial charge in [0.25, 0.3) is 0 Å². The van der Waals surface area contributed by atoms with Crippen LogP contribution < -0.4 is 5.32 Å². The van der Waals surface area contributed by atoms with Crippen molar-refractivity contribution in [3.63, 3.8) is 0 Å². The number of nitrogens with one attached hydrogen (secondary N) is 1. The molecule has 0 atom stereocenters. The summed E-state index contributed by atoms with van der Waals surface area (Å²) in [7, 11) is 0. The molecule has 1 aliphatic carbocycles. The fourth-order valence-corrected chi connectivity index (χ4v) is 2.04. The van der Waals surface area contributed by atoms with Gasteiger partial charge in [0.1, 0.15) is 12.1 Å². The average molecular weight is 207 g/mol. The number of anilines is 1. The summed E-state index contributed by atoms with van der Waals surface area (Å²) in [6.45, 7) is 0.587. The van der Waals surface area contributed by atoms with Gasteiger partial charge < -0.3 is 10.4 Å². The highest BCUT2D eigenvalue weighted by Crippen LogP contribution is 2.27. The SMILES string of the molecule is OC1(CNc2ccncn2)CCCCC1. The van der Waals surface area contributed by atoms with Crippen LogP contribution in [0.25, 0.3) is 0 Å². The number of rotatable bonds is 3. The van der Waals surface area contributed by atoms with Crippen LogP contribution >= 0.6 is 0 Å². The summed E-state index contributed by atoms with van der Waals surface area (Å²) in [6, 6.07) is 1.81. The van der Waals surface area contributed by atoms with E-state index in [1.165, 1.54) is 12.7 Å². The van der Waals surface area contributed by atoms with Crippen LogP contribution in [-0.2, 0) is 0 Å². The first-order chi connectivity index (χ1) is 7.29. The zero-order valence-corrected chi connectivity index (χ0v) is 8.82. The van der Waals surface area contributed by atoms with Gasteiger partial charge in [-0.1, -0.05) is 19.3 Å². The molecular weight excluding hydrogens is 190 g/mol. The molecule has 1 fully saturated rings. The van der Waals surface area contributed by atoms with Crippen LogP contribution in [-0.4, -0.2) is 27.2 Å². The monoisotopic (exact) mass is 207 g/mol. The van der Waals surface area contributed by atoms with Gasteiger partial charge >= 0.3 is 0 Å². The largest absolute Gasteiger partial charge is 0.388 e. The lowest BCUT2D eigenvalue weighted by Crippen LogP contribution is -2.38. The highest BCUT2D eigenvalue weighted by atomic mass is 16.3. The van der Waals surface area contributed by atoms with Crippen molar-refractivity contribution in [3.8, 4) is 0 Å². The van der Waals surface area contributed by atoms with E-state index in [4.69, 9.17) is 0 Å². The van der Waals surface area contributed by atoms with E-state index in [1.54, 1.807) is 6.20 Å². The molecule has 4 heteroatoms. The molecule has 2 N–H and O–H groups in total. The molecule has 1 aliphatic rings. The Balaban J connectivity index is 1.87. The van der Waals surface area contributed by atoms with Crippen molar-refractivity contribution in [3.05, 3.63) is 18.6 Å². The third-order valence-corrected chi connectivity index (χ3v) is 2.96. The number of hydrogen-bond donors (Lipinski definition) is 2. The maximum absolute atomic E-state index is 10.2. The van der Waals surface area contributed by atoms with E-state index in [0.29, 0.717) is 6.54 Å². The van der Waals surface area contributed by atoms with E-state index in [1.807, 2.05) is 6.07 Å². The van der Waals surface area contributed by atoms with Crippen LogP contribution in [0.5, 0.6) is 0 Å². The molecule has 1 heterocycles. The lowest BCUT2D eigenvalue weighted by molar-refractivity contribution is 0.0166. The highest BCUT2D eigenvalue weighted by Gasteiger charge is 2.28. The van der Waals surface area contributed by atoms with Gasteiger partial charge in [0.05, 0.1) is 5.60 Å². The highest BCUT2D eigenvalue weighted by molar-refractivity contribution is 5.32. The topological polar surface area (TPSA) is 58.0 Å². The van der Waals surface area contributed by atoms with Crippen molar-refractivity contribution in [2.24, 2.45) is 0 Å². The first-order valence-electron chi connectivity index (χ1n) is 5.51. The van der Waals surface area contributed by atoms with Gasteiger partial charge in [-0.2, -0.15) is 0 Å². The van der Waals surface area contributed by atoms with Gasteiger partial charge in [-0.05, 0) is 18.9 Å². The summed E-state index contributed by atoms with van der Waals surface area (Å²) < 4.78 is 0. The lowest BCUT2D eigenvalue weighted by Gasteiger charge is -2.32. The van der Waals surface area contributed by atoms with Crippen molar-refractivity contribution < 1.29 is 5.11 Å². The maximum Gasteiger partial charge on any atom is 0.129 e. The Labute approximate surface area is 89.8 Å². The van der Waals surface area contributed by atoms with E-state index in [-0.39, 0.29) is 0 Å². The van der Waals surface area contributed by atoms with Crippen LogP contribution in [0.15, 0.2) is 18.6 Å². The molecule has 15 heavy (non-hydrogen) atoms. The number of aliphatic hydroxyl groups is 1. The smallest absolute Gasteiger partial charge is 0.129 e. The van der Waals surface area contributed by atoms with E-state index in [0.717, 1.165) is 31.5 Å². The molecule has 0 aromatic carbocycles. The molecule has 1 aromatic heterocycles. The molecule has 1 aromatic rings. The summed E-state index contributed by atoms with van der Waals surface area (Å²) in [5, 5.41) is 13.4. The summed E-state index contributed by atoms with van der Waals surface area (Å²) in [5.74, 6) is 0.781. The van der Waals surface area contributed by atoms with E-state index < -0.39 is 5.60 Å². The summed E-state index contributed by atoms with van der Waals surface area (Å²) >= 11 is 0. The van der Waals surface area contributed by atoms with Crippen LogP contribution in [0.4, 0.5) is 5.82 Å². The fraction of sp³-hybridized carbons (Fsp3) is 0.636. The van der Waals surface area contributed by atoms with Crippen LogP contribution in [0, 0.1) is 0 Å². The van der Waals surface area contributed by atoms with E-state index >= 15 is 0 Å². The summed E-state index contributed by atoms with van der Waals surface area (Å²) in [6.07, 6.45) is 8.49. The van der Waals surface area contributed by atoms with E-state index in [2.05, 4.69) is 15.3 Å². The van der Waals surface area contributed by atoms with Crippen LogP contribution in [0.2, 0.25) is 0 Å². The third-order valence-electron chi connectivity index (χ3n) is 2.96. The quantitative estimate of drug-likeness (QED) is 0.790. The average Bonchev–Trinajstić information content (AvgIpc) is 2.29. The molecular formula is C11H17N3O. The molecule has 0 bridgehead atoms. The number of nitrogens with zero attached hydrogens (tertiary/aromatic N) is 2. The van der Waals surface area contributed by atoms with Crippen LogP contribution in [0.1, 0.15) is 32.1 Å². The molecule has 0 unspecified atom stereocenters.